The fraction of sp³-hybridized carbons (Fsp3) is 0.188. The fourth-order valence-electron chi connectivity index (χ4n) is 2.31. The number of nitro groups is 2. The molecule has 0 saturated heterocycles. The van der Waals surface area contributed by atoms with Gasteiger partial charge in [-0.15, -0.1) is 0 Å². The fourth-order valence-corrected chi connectivity index (χ4v) is 2.31. The van der Waals surface area contributed by atoms with E-state index in [1.807, 2.05) is 0 Å². The summed E-state index contributed by atoms with van der Waals surface area (Å²) in [6, 6.07) is 6.59. The van der Waals surface area contributed by atoms with Crippen LogP contribution in [0, 0.1) is 27.2 Å². The van der Waals surface area contributed by atoms with Gasteiger partial charge in [-0.1, -0.05) is 0 Å². The Labute approximate surface area is 147 Å². The quantitative estimate of drug-likeness (QED) is 0.617. The lowest BCUT2D eigenvalue weighted by molar-refractivity contribution is -0.395. The van der Waals surface area contributed by atoms with Crippen LogP contribution < -0.4 is 14.8 Å². The molecule has 0 fully saturated rings. The molecule has 0 atom stereocenters. The smallest absolute Gasteiger partial charge is 0.279 e. The van der Waals surface area contributed by atoms with Crippen LogP contribution >= 0.6 is 0 Å². The third-order valence-electron chi connectivity index (χ3n) is 3.65. The number of methoxy groups -OCH3 is 2. The molecule has 10 nitrogen and oxygen atoms in total. The zero-order valence-electron chi connectivity index (χ0n) is 14.1. The van der Waals surface area contributed by atoms with Crippen LogP contribution in [0.15, 0.2) is 30.3 Å². The molecule has 0 bridgehead atoms. The molecule has 2 aromatic carbocycles. The average Bonchev–Trinajstić information content (AvgIpc) is 2.61. The molecule has 2 rings (SSSR count). The highest BCUT2D eigenvalue weighted by Crippen LogP contribution is 2.32. The van der Waals surface area contributed by atoms with E-state index in [1.165, 1.54) is 33.3 Å². The highest BCUT2D eigenvalue weighted by molar-refractivity contribution is 6.05. The second-order valence-electron chi connectivity index (χ2n) is 5.18. The molecule has 0 heterocycles. The third kappa shape index (κ3) is 3.69. The molecular weight excluding hydrogens is 346 g/mol. The number of ether oxygens (including phenoxy) is 2. The molecule has 0 spiro atoms. The third-order valence-corrected chi connectivity index (χ3v) is 3.65. The molecule has 1 N–H and O–H groups in total. The number of hydrogen-bond donors (Lipinski definition) is 1. The zero-order valence-corrected chi connectivity index (χ0v) is 14.1. The van der Waals surface area contributed by atoms with Crippen LogP contribution in [-0.4, -0.2) is 30.0 Å². The number of carbonyl (C=O) groups excluding carboxylic acids is 1. The van der Waals surface area contributed by atoms with Gasteiger partial charge >= 0.3 is 0 Å². The lowest BCUT2D eigenvalue weighted by Crippen LogP contribution is -2.13. The van der Waals surface area contributed by atoms with Crippen LogP contribution in [0.1, 0.15) is 15.9 Å². The maximum Gasteiger partial charge on any atom is 0.279 e. The van der Waals surface area contributed by atoms with Gasteiger partial charge in [0.1, 0.15) is 5.56 Å². The molecule has 0 aliphatic rings. The van der Waals surface area contributed by atoms with Crippen molar-refractivity contribution in [3.63, 3.8) is 0 Å². The van der Waals surface area contributed by atoms with E-state index in [-0.39, 0.29) is 11.1 Å². The first-order valence-electron chi connectivity index (χ1n) is 7.25. The Balaban J connectivity index is 2.41. The number of nitrogens with one attached hydrogen (secondary N) is 1. The molecule has 0 saturated carbocycles. The highest BCUT2D eigenvalue weighted by atomic mass is 16.6. The summed E-state index contributed by atoms with van der Waals surface area (Å²) in [6.07, 6.45) is 0. The van der Waals surface area contributed by atoms with Crippen molar-refractivity contribution < 1.29 is 24.1 Å². The summed E-state index contributed by atoms with van der Waals surface area (Å²) >= 11 is 0. The Morgan fingerprint density at radius 3 is 1.96 bits per heavy atom. The van der Waals surface area contributed by atoms with Crippen LogP contribution in [0.2, 0.25) is 0 Å². The predicted octanol–water partition coefficient (Wildman–Crippen LogP) is 3.08. The Morgan fingerprint density at radius 1 is 0.962 bits per heavy atom. The van der Waals surface area contributed by atoms with Crippen LogP contribution in [0.5, 0.6) is 11.5 Å². The van der Waals surface area contributed by atoms with Gasteiger partial charge in [-0.05, 0) is 19.1 Å². The summed E-state index contributed by atoms with van der Waals surface area (Å²) < 4.78 is 10.2. The average molecular weight is 361 g/mol. The van der Waals surface area contributed by atoms with Crippen LogP contribution in [0.3, 0.4) is 0 Å². The van der Waals surface area contributed by atoms with Crippen molar-refractivity contribution in [1.82, 2.24) is 0 Å². The van der Waals surface area contributed by atoms with Crippen molar-refractivity contribution in [2.75, 3.05) is 19.5 Å². The van der Waals surface area contributed by atoms with E-state index >= 15 is 0 Å². The van der Waals surface area contributed by atoms with Crippen LogP contribution in [0.4, 0.5) is 17.1 Å². The summed E-state index contributed by atoms with van der Waals surface area (Å²) in [5, 5.41) is 24.7. The van der Waals surface area contributed by atoms with Crippen molar-refractivity contribution in [3.05, 3.63) is 61.7 Å². The first-order chi connectivity index (χ1) is 12.3. The molecule has 10 heteroatoms. The Bertz CT molecular complexity index is 860. The SMILES string of the molecule is COc1ccc(NC(=O)c2cc([N+](=O)[O-])c(C)c([N+](=O)[O-])c2)cc1OC. The number of rotatable bonds is 6. The molecule has 2 aromatic rings. The van der Waals surface area contributed by atoms with Crippen molar-refractivity contribution in [2.24, 2.45) is 0 Å². The largest absolute Gasteiger partial charge is 0.493 e. The minimum atomic E-state index is -0.768. The van der Waals surface area contributed by atoms with Gasteiger partial charge in [0.15, 0.2) is 11.5 Å². The topological polar surface area (TPSA) is 134 Å². The summed E-state index contributed by atoms with van der Waals surface area (Å²) in [5.74, 6) is 0.0849. The number of hydrogen-bond acceptors (Lipinski definition) is 7. The summed E-state index contributed by atoms with van der Waals surface area (Å²) in [7, 11) is 2.89. The molecule has 0 unspecified atom stereocenters. The predicted molar refractivity (Wildman–Crippen MR) is 92.0 cm³/mol. The lowest BCUT2D eigenvalue weighted by Gasteiger charge is -2.11. The molecule has 26 heavy (non-hydrogen) atoms. The molecule has 136 valence electrons. The first-order valence-corrected chi connectivity index (χ1v) is 7.25. The number of benzene rings is 2. The number of nitro benzene ring substituents is 2. The van der Waals surface area contributed by atoms with Gasteiger partial charge in [-0.25, -0.2) is 0 Å². The second kappa shape index (κ2) is 7.47. The molecule has 0 aliphatic heterocycles. The number of carbonyl (C=O) groups is 1. The van der Waals surface area contributed by atoms with Gasteiger partial charge < -0.3 is 14.8 Å². The van der Waals surface area contributed by atoms with E-state index in [9.17, 15) is 25.0 Å². The lowest BCUT2D eigenvalue weighted by atomic mass is 10.1. The van der Waals surface area contributed by atoms with Gasteiger partial charge in [0.05, 0.1) is 29.6 Å². The minimum absolute atomic E-state index is 0.123. The van der Waals surface area contributed by atoms with E-state index in [0.717, 1.165) is 12.1 Å². The molecule has 0 aromatic heterocycles. The number of anilines is 1. The van der Waals surface area contributed by atoms with Crippen LogP contribution in [-0.2, 0) is 0 Å². The van der Waals surface area contributed by atoms with E-state index in [0.29, 0.717) is 17.2 Å². The van der Waals surface area contributed by atoms with Crippen molar-refractivity contribution >= 4 is 23.0 Å². The van der Waals surface area contributed by atoms with Crippen LogP contribution in [0.25, 0.3) is 0 Å². The van der Waals surface area contributed by atoms with Crippen molar-refractivity contribution in [1.29, 1.82) is 0 Å². The standard InChI is InChI=1S/C16H15N3O7/c1-9-12(18(21)22)6-10(7-13(9)19(23)24)16(20)17-11-4-5-14(25-2)15(8-11)26-3/h4-8H,1-3H3,(H,17,20). The van der Waals surface area contributed by atoms with E-state index < -0.39 is 27.1 Å². The van der Waals surface area contributed by atoms with Gasteiger partial charge in [0, 0.05) is 23.9 Å². The minimum Gasteiger partial charge on any atom is -0.493 e. The maximum atomic E-state index is 12.4. The van der Waals surface area contributed by atoms with E-state index in [1.54, 1.807) is 6.07 Å². The molecule has 1 amide bonds. The van der Waals surface area contributed by atoms with Gasteiger partial charge in [0.2, 0.25) is 0 Å². The Kier molecular flexibility index (Phi) is 5.36. The maximum absolute atomic E-state index is 12.4. The Morgan fingerprint density at radius 2 is 1.50 bits per heavy atom. The normalized spacial score (nSPS) is 10.1. The first kappa shape index (κ1) is 18.6. The van der Waals surface area contributed by atoms with Crippen molar-refractivity contribution in [3.8, 4) is 11.5 Å². The van der Waals surface area contributed by atoms with E-state index in [4.69, 9.17) is 9.47 Å². The molecular formula is C16H15N3O7. The van der Waals surface area contributed by atoms with Gasteiger partial charge in [-0.2, -0.15) is 0 Å². The monoisotopic (exact) mass is 361 g/mol. The number of amides is 1. The van der Waals surface area contributed by atoms with Crippen molar-refractivity contribution in [2.45, 2.75) is 6.92 Å². The second-order valence-corrected chi connectivity index (χ2v) is 5.18. The van der Waals surface area contributed by atoms with Gasteiger partial charge in [-0.3, -0.25) is 25.0 Å². The molecule has 0 aliphatic carbocycles. The number of nitrogens with zero attached hydrogens (tertiary/aromatic N) is 2. The van der Waals surface area contributed by atoms with E-state index in [2.05, 4.69) is 5.32 Å². The van der Waals surface area contributed by atoms with Gasteiger partial charge in [0.25, 0.3) is 17.3 Å². The zero-order chi connectivity index (χ0) is 19.4. The summed E-state index contributed by atoms with van der Waals surface area (Å²) in [4.78, 5) is 33.1. The summed E-state index contributed by atoms with van der Waals surface area (Å²) in [6.45, 7) is 1.26. The highest BCUT2D eigenvalue weighted by Gasteiger charge is 2.25. The molecule has 0 radical (unpaired) electrons. The summed E-state index contributed by atoms with van der Waals surface area (Å²) in [5.41, 5.74) is -1.00. The Hall–Kier alpha value is -3.69.